The fraction of sp³-hybridized carbons (Fsp3) is 0. The summed E-state index contributed by atoms with van der Waals surface area (Å²) in [7, 11) is 0. The van der Waals surface area contributed by atoms with Crippen molar-refractivity contribution >= 4 is 35.1 Å². The number of rotatable bonds is 3. The summed E-state index contributed by atoms with van der Waals surface area (Å²) in [5, 5.41) is 9.59. The highest BCUT2D eigenvalue weighted by Crippen LogP contribution is 2.12. The van der Waals surface area contributed by atoms with Crippen LogP contribution in [0.5, 0.6) is 0 Å². The number of amides is 1. The number of carbonyl (C=O) groups excluding carboxylic acids is 1. The van der Waals surface area contributed by atoms with E-state index >= 15 is 0 Å². The van der Waals surface area contributed by atoms with Crippen LogP contribution in [-0.4, -0.2) is 22.3 Å². The molecule has 2 rings (SSSR count). The first-order valence-electron chi connectivity index (χ1n) is 4.44. The van der Waals surface area contributed by atoms with Crippen molar-refractivity contribution in [2.24, 2.45) is 5.10 Å². The smallest absolute Gasteiger partial charge is 0.271 e. The third-order valence-electron chi connectivity index (χ3n) is 1.77. The van der Waals surface area contributed by atoms with E-state index in [2.05, 4.69) is 20.7 Å². The molecule has 17 heavy (non-hydrogen) atoms. The molecule has 8 heteroatoms. The zero-order valence-corrected chi connectivity index (χ0v) is 9.85. The SMILES string of the molecule is O=C(N/N=C\c1ccc(F)s1)c1[nH]ncc1Cl. The second-order valence-corrected chi connectivity index (χ2v) is 4.41. The largest absolute Gasteiger partial charge is 0.290 e. The van der Waals surface area contributed by atoms with Crippen molar-refractivity contribution in [2.45, 2.75) is 0 Å². The molecule has 0 aliphatic rings. The number of hydrazone groups is 1. The molecule has 0 atom stereocenters. The molecule has 0 fully saturated rings. The molecule has 0 spiro atoms. The minimum atomic E-state index is -0.513. The molecule has 0 radical (unpaired) electrons. The quantitative estimate of drug-likeness (QED) is 0.663. The van der Waals surface area contributed by atoms with E-state index in [9.17, 15) is 9.18 Å². The Morgan fingerprint density at radius 3 is 3.06 bits per heavy atom. The van der Waals surface area contributed by atoms with Crippen LogP contribution >= 0.6 is 22.9 Å². The lowest BCUT2D eigenvalue weighted by molar-refractivity contribution is 0.0950. The Labute approximate surface area is 104 Å². The van der Waals surface area contributed by atoms with E-state index in [-0.39, 0.29) is 15.8 Å². The van der Waals surface area contributed by atoms with Gasteiger partial charge in [-0.05, 0) is 12.1 Å². The third-order valence-corrected chi connectivity index (χ3v) is 2.87. The third kappa shape index (κ3) is 2.89. The molecule has 2 N–H and O–H groups in total. The van der Waals surface area contributed by atoms with Crippen LogP contribution in [0.4, 0.5) is 4.39 Å². The maximum atomic E-state index is 12.6. The highest BCUT2D eigenvalue weighted by atomic mass is 35.5. The number of H-pyrrole nitrogens is 1. The van der Waals surface area contributed by atoms with Gasteiger partial charge in [0.15, 0.2) is 5.13 Å². The number of hydrogen-bond acceptors (Lipinski definition) is 4. The Kier molecular flexibility index (Phi) is 3.50. The molecule has 0 unspecified atom stereocenters. The summed E-state index contributed by atoms with van der Waals surface area (Å²) >= 11 is 6.61. The second-order valence-electron chi connectivity index (χ2n) is 2.93. The highest BCUT2D eigenvalue weighted by molar-refractivity contribution is 7.12. The summed E-state index contributed by atoms with van der Waals surface area (Å²) in [6.07, 6.45) is 2.66. The summed E-state index contributed by atoms with van der Waals surface area (Å²) in [6, 6.07) is 2.87. The molecule has 88 valence electrons. The van der Waals surface area contributed by atoms with Gasteiger partial charge in [-0.25, -0.2) is 5.43 Å². The number of aromatic nitrogens is 2. The van der Waals surface area contributed by atoms with Gasteiger partial charge in [-0.1, -0.05) is 11.6 Å². The first-order chi connectivity index (χ1) is 8.16. The van der Waals surface area contributed by atoms with E-state index in [0.29, 0.717) is 4.88 Å². The van der Waals surface area contributed by atoms with Crippen LogP contribution in [-0.2, 0) is 0 Å². The number of thiophene rings is 1. The van der Waals surface area contributed by atoms with E-state index in [4.69, 9.17) is 11.6 Å². The molecule has 2 aromatic rings. The fourth-order valence-electron chi connectivity index (χ4n) is 1.04. The molecule has 0 saturated carbocycles. The van der Waals surface area contributed by atoms with Crippen LogP contribution < -0.4 is 5.43 Å². The Balaban J connectivity index is 1.97. The molecule has 0 bridgehead atoms. The van der Waals surface area contributed by atoms with Gasteiger partial charge in [0.05, 0.1) is 22.3 Å². The number of nitrogens with one attached hydrogen (secondary N) is 2. The molecule has 0 aliphatic heterocycles. The van der Waals surface area contributed by atoms with E-state index < -0.39 is 5.91 Å². The molecule has 0 saturated heterocycles. The Morgan fingerprint density at radius 2 is 2.47 bits per heavy atom. The molecule has 1 amide bonds. The molecule has 5 nitrogen and oxygen atoms in total. The maximum absolute atomic E-state index is 12.6. The van der Waals surface area contributed by atoms with E-state index in [1.807, 2.05) is 0 Å². The molecular weight excluding hydrogens is 267 g/mol. The Morgan fingerprint density at radius 1 is 1.65 bits per heavy atom. The van der Waals surface area contributed by atoms with Gasteiger partial charge < -0.3 is 0 Å². The van der Waals surface area contributed by atoms with Crippen molar-refractivity contribution in [3.63, 3.8) is 0 Å². The van der Waals surface area contributed by atoms with Crippen LogP contribution in [0.15, 0.2) is 23.4 Å². The van der Waals surface area contributed by atoms with Crippen LogP contribution in [0, 0.1) is 5.13 Å². The van der Waals surface area contributed by atoms with Gasteiger partial charge in [0.25, 0.3) is 5.91 Å². The van der Waals surface area contributed by atoms with Crippen molar-refractivity contribution in [3.05, 3.63) is 39.1 Å². The molecular formula is C9H6ClFN4OS. The van der Waals surface area contributed by atoms with Crippen LogP contribution in [0.3, 0.4) is 0 Å². The number of hydrogen-bond donors (Lipinski definition) is 2. The van der Waals surface area contributed by atoms with E-state index in [1.165, 1.54) is 18.5 Å². The van der Waals surface area contributed by atoms with Gasteiger partial charge >= 0.3 is 0 Å². The fourth-order valence-corrected chi connectivity index (χ4v) is 1.82. The number of halogens is 2. The first-order valence-corrected chi connectivity index (χ1v) is 5.64. The van der Waals surface area contributed by atoms with Crippen LogP contribution in [0.1, 0.15) is 15.4 Å². The van der Waals surface area contributed by atoms with Crippen molar-refractivity contribution < 1.29 is 9.18 Å². The molecule has 2 aromatic heterocycles. The highest BCUT2D eigenvalue weighted by Gasteiger charge is 2.10. The van der Waals surface area contributed by atoms with Gasteiger partial charge in [0, 0.05) is 0 Å². The lowest BCUT2D eigenvalue weighted by Crippen LogP contribution is -2.18. The van der Waals surface area contributed by atoms with Crippen molar-refractivity contribution in [1.29, 1.82) is 0 Å². The molecule has 0 aromatic carbocycles. The summed E-state index contributed by atoms with van der Waals surface area (Å²) in [5.74, 6) is -0.513. The van der Waals surface area contributed by atoms with Crippen molar-refractivity contribution in [1.82, 2.24) is 15.6 Å². The van der Waals surface area contributed by atoms with E-state index in [0.717, 1.165) is 11.3 Å². The Hall–Kier alpha value is -1.73. The minimum Gasteiger partial charge on any atom is -0.271 e. The van der Waals surface area contributed by atoms with Gasteiger partial charge in [-0.3, -0.25) is 9.89 Å². The first kappa shape index (κ1) is 11.7. The minimum absolute atomic E-state index is 0.126. The lowest BCUT2D eigenvalue weighted by Gasteiger charge is -1.95. The summed E-state index contributed by atoms with van der Waals surface area (Å²) < 4.78 is 12.6. The molecule has 0 aliphatic carbocycles. The lowest BCUT2D eigenvalue weighted by atomic mass is 10.4. The zero-order chi connectivity index (χ0) is 12.3. The monoisotopic (exact) mass is 272 g/mol. The van der Waals surface area contributed by atoms with Gasteiger partial charge in [-0.15, -0.1) is 11.3 Å². The average molecular weight is 273 g/mol. The van der Waals surface area contributed by atoms with Crippen LogP contribution in [0.2, 0.25) is 5.02 Å². The number of nitrogens with zero attached hydrogens (tertiary/aromatic N) is 2. The average Bonchev–Trinajstić information content (AvgIpc) is 2.87. The maximum Gasteiger partial charge on any atom is 0.290 e. The zero-order valence-electron chi connectivity index (χ0n) is 8.28. The standard InChI is InChI=1S/C9H6ClFN4OS/c10-6-4-13-14-8(6)9(16)15-12-3-5-1-2-7(11)17-5/h1-4H,(H,13,14)(H,15,16)/b12-3-. The van der Waals surface area contributed by atoms with Gasteiger partial charge in [0.2, 0.25) is 0 Å². The predicted molar refractivity (Wildman–Crippen MR) is 62.9 cm³/mol. The van der Waals surface area contributed by atoms with E-state index in [1.54, 1.807) is 6.07 Å². The summed E-state index contributed by atoms with van der Waals surface area (Å²) in [6.45, 7) is 0. The molecule has 2 heterocycles. The Bertz CT molecular complexity index is 565. The van der Waals surface area contributed by atoms with Crippen LogP contribution in [0.25, 0.3) is 0 Å². The second kappa shape index (κ2) is 5.07. The summed E-state index contributed by atoms with van der Waals surface area (Å²) in [5.41, 5.74) is 2.37. The van der Waals surface area contributed by atoms with Crippen molar-refractivity contribution in [2.75, 3.05) is 0 Å². The summed E-state index contributed by atoms with van der Waals surface area (Å²) in [4.78, 5) is 12.1. The van der Waals surface area contributed by atoms with Crippen molar-refractivity contribution in [3.8, 4) is 0 Å². The van der Waals surface area contributed by atoms with Gasteiger partial charge in [-0.2, -0.15) is 14.6 Å². The van der Waals surface area contributed by atoms with Gasteiger partial charge in [0.1, 0.15) is 5.69 Å². The number of carbonyl (C=O) groups is 1. The topological polar surface area (TPSA) is 70.1 Å². The number of aromatic amines is 1. The predicted octanol–water partition coefficient (Wildman–Crippen LogP) is 2.03. The normalized spacial score (nSPS) is 10.9.